The van der Waals surface area contributed by atoms with Crippen molar-refractivity contribution in [3.05, 3.63) is 29.8 Å². The molecule has 1 aromatic carbocycles. The van der Waals surface area contributed by atoms with Crippen molar-refractivity contribution in [3.8, 4) is 5.75 Å². The Hall–Kier alpha value is -1.06. The van der Waals surface area contributed by atoms with Gasteiger partial charge in [0, 0.05) is 6.04 Å². The Morgan fingerprint density at radius 3 is 2.59 bits per heavy atom. The van der Waals surface area contributed by atoms with Gasteiger partial charge in [0.25, 0.3) is 0 Å². The molecule has 0 aromatic heterocycles. The molecule has 1 aliphatic carbocycles. The minimum Gasteiger partial charge on any atom is -0.468 e. The first-order chi connectivity index (χ1) is 8.29. The van der Waals surface area contributed by atoms with Gasteiger partial charge in [-0.2, -0.15) is 0 Å². The SMILES string of the molecule is CCC(N)c1ccc(OCOCC2CC2)cc1. The molecule has 1 fully saturated rings. The number of hydrogen-bond donors (Lipinski definition) is 1. The summed E-state index contributed by atoms with van der Waals surface area (Å²) < 4.78 is 10.9. The third kappa shape index (κ3) is 4.02. The van der Waals surface area contributed by atoms with Crippen LogP contribution >= 0.6 is 0 Å². The predicted octanol–water partition coefficient (Wildman–Crippen LogP) is 2.86. The van der Waals surface area contributed by atoms with Crippen LogP contribution in [0.2, 0.25) is 0 Å². The van der Waals surface area contributed by atoms with Crippen LogP contribution in [0.3, 0.4) is 0 Å². The Morgan fingerprint density at radius 1 is 1.29 bits per heavy atom. The van der Waals surface area contributed by atoms with Crippen LogP contribution in [0.15, 0.2) is 24.3 Å². The second-order valence-corrected chi connectivity index (χ2v) is 4.66. The van der Waals surface area contributed by atoms with Crippen LogP contribution in [0.1, 0.15) is 37.8 Å². The largest absolute Gasteiger partial charge is 0.468 e. The molecule has 1 atom stereocenters. The molecule has 0 amide bonds. The lowest BCUT2D eigenvalue weighted by Crippen LogP contribution is -2.08. The molecule has 3 nitrogen and oxygen atoms in total. The van der Waals surface area contributed by atoms with Crippen LogP contribution in [0.4, 0.5) is 0 Å². The molecule has 3 heteroatoms. The van der Waals surface area contributed by atoms with E-state index in [1.54, 1.807) is 0 Å². The molecule has 2 rings (SSSR count). The summed E-state index contributed by atoms with van der Waals surface area (Å²) in [4.78, 5) is 0. The fourth-order valence-corrected chi connectivity index (χ4v) is 1.66. The van der Waals surface area contributed by atoms with Gasteiger partial charge < -0.3 is 15.2 Å². The number of ether oxygens (including phenoxy) is 2. The van der Waals surface area contributed by atoms with E-state index < -0.39 is 0 Å². The predicted molar refractivity (Wildman–Crippen MR) is 67.8 cm³/mol. The maximum Gasteiger partial charge on any atom is 0.189 e. The quantitative estimate of drug-likeness (QED) is 0.584. The van der Waals surface area contributed by atoms with E-state index in [2.05, 4.69) is 6.92 Å². The number of benzene rings is 1. The second-order valence-electron chi connectivity index (χ2n) is 4.66. The minimum absolute atomic E-state index is 0.121. The summed E-state index contributed by atoms with van der Waals surface area (Å²) in [6.07, 6.45) is 3.57. The summed E-state index contributed by atoms with van der Waals surface area (Å²) in [6, 6.07) is 8.06. The van der Waals surface area contributed by atoms with Gasteiger partial charge in [0.15, 0.2) is 6.79 Å². The van der Waals surface area contributed by atoms with E-state index in [0.29, 0.717) is 6.79 Å². The summed E-state index contributed by atoms with van der Waals surface area (Å²) in [5.41, 5.74) is 7.09. The highest BCUT2D eigenvalue weighted by Gasteiger charge is 2.21. The second kappa shape index (κ2) is 6.03. The summed E-state index contributed by atoms with van der Waals surface area (Å²) in [5, 5.41) is 0. The average Bonchev–Trinajstić information content (AvgIpc) is 3.18. The van der Waals surface area contributed by atoms with Crippen LogP contribution in [-0.4, -0.2) is 13.4 Å². The fourth-order valence-electron chi connectivity index (χ4n) is 1.66. The summed E-state index contributed by atoms with van der Waals surface area (Å²) in [5.74, 6) is 1.62. The smallest absolute Gasteiger partial charge is 0.189 e. The Kier molecular flexibility index (Phi) is 4.40. The van der Waals surface area contributed by atoms with Gasteiger partial charge in [0.1, 0.15) is 5.75 Å². The highest BCUT2D eigenvalue weighted by molar-refractivity contribution is 5.28. The molecule has 2 N–H and O–H groups in total. The maximum absolute atomic E-state index is 5.94. The molecule has 0 radical (unpaired) electrons. The van der Waals surface area contributed by atoms with Gasteiger partial charge >= 0.3 is 0 Å². The van der Waals surface area contributed by atoms with E-state index in [-0.39, 0.29) is 6.04 Å². The van der Waals surface area contributed by atoms with Crippen molar-refractivity contribution < 1.29 is 9.47 Å². The van der Waals surface area contributed by atoms with Crippen LogP contribution in [0.25, 0.3) is 0 Å². The van der Waals surface area contributed by atoms with Gasteiger partial charge in [-0.15, -0.1) is 0 Å². The molecular formula is C14H21NO2. The molecule has 1 aliphatic rings. The van der Waals surface area contributed by atoms with Gasteiger partial charge in [-0.25, -0.2) is 0 Å². The molecule has 17 heavy (non-hydrogen) atoms. The number of nitrogens with two attached hydrogens (primary N) is 1. The first-order valence-corrected chi connectivity index (χ1v) is 6.35. The highest BCUT2D eigenvalue weighted by Crippen LogP contribution is 2.28. The van der Waals surface area contributed by atoms with Crippen LogP contribution in [0, 0.1) is 5.92 Å². The maximum atomic E-state index is 5.94. The Morgan fingerprint density at radius 2 is 2.00 bits per heavy atom. The van der Waals surface area contributed by atoms with Crippen LogP contribution < -0.4 is 10.5 Å². The van der Waals surface area contributed by atoms with Gasteiger partial charge in [-0.05, 0) is 42.9 Å². The van der Waals surface area contributed by atoms with Crippen molar-refractivity contribution in [3.63, 3.8) is 0 Å². The molecule has 0 saturated heterocycles. The van der Waals surface area contributed by atoms with E-state index in [0.717, 1.165) is 30.3 Å². The van der Waals surface area contributed by atoms with Crippen molar-refractivity contribution >= 4 is 0 Å². The third-order valence-electron chi connectivity index (χ3n) is 3.11. The normalized spacial score (nSPS) is 16.8. The molecule has 0 bridgehead atoms. The summed E-state index contributed by atoms with van der Waals surface area (Å²) in [7, 11) is 0. The van der Waals surface area contributed by atoms with Crippen molar-refractivity contribution in [2.45, 2.75) is 32.2 Å². The Labute approximate surface area is 103 Å². The Balaban J connectivity index is 1.72. The highest BCUT2D eigenvalue weighted by atomic mass is 16.7. The number of rotatable bonds is 7. The zero-order valence-corrected chi connectivity index (χ0v) is 10.4. The van der Waals surface area contributed by atoms with E-state index in [9.17, 15) is 0 Å². The lowest BCUT2D eigenvalue weighted by atomic mass is 10.1. The van der Waals surface area contributed by atoms with Crippen LogP contribution in [0.5, 0.6) is 5.75 Å². The van der Waals surface area contributed by atoms with Gasteiger partial charge in [-0.3, -0.25) is 0 Å². The number of hydrogen-bond acceptors (Lipinski definition) is 3. The van der Waals surface area contributed by atoms with Crippen molar-refractivity contribution in [2.24, 2.45) is 11.7 Å². The standard InChI is InChI=1S/C14H21NO2/c1-2-14(15)12-5-7-13(8-6-12)17-10-16-9-11-3-4-11/h5-8,11,14H,2-4,9-10,15H2,1H3. The van der Waals surface area contributed by atoms with E-state index in [1.807, 2.05) is 24.3 Å². The summed E-state index contributed by atoms with van der Waals surface area (Å²) >= 11 is 0. The minimum atomic E-state index is 0.121. The molecule has 1 unspecified atom stereocenters. The Bertz CT molecular complexity index is 333. The van der Waals surface area contributed by atoms with E-state index >= 15 is 0 Å². The van der Waals surface area contributed by atoms with E-state index in [1.165, 1.54) is 12.8 Å². The zero-order valence-electron chi connectivity index (χ0n) is 10.4. The third-order valence-corrected chi connectivity index (χ3v) is 3.11. The first-order valence-electron chi connectivity index (χ1n) is 6.35. The molecule has 0 heterocycles. The van der Waals surface area contributed by atoms with Crippen molar-refractivity contribution in [1.29, 1.82) is 0 Å². The molecule has 1 saturated carbocycles. The summed E-state index contributed by atoms with van der Waals surface area (Å²) in [6.45, 7) is 3.26. The topological polar surface area (TPSA) is 44.5 Å². The van der Waals surface area contributed by atoms with Crippen molar-refractivity contribution in [2.75, 3.05) is 13.4 Å². The molecular weight excluding hydrogens is 214 g/mol. The van der Waals surface area contributed by atoms with Gasteiger partial charge in [-0.1, -0.05) is 19.1 Å². The van der Waals surface area contributed by atoms with Gasteiger partial charge in [0.05, 0.1) is 6.61 Å². The molecule has 1 aromatic rings. The monoisotopic (exact) mass is 235 g/mol. The molecule has 0 aliphatic heterocycles. The fraction of sp³-hybridized carbons (Fsp3) is 0.571. The van der Waals surface area contributed by atoms with Crippen molar-refractivity contribution in [1.82, 2.24) is 0 Å². The molecule has 94 valence electrons. The van der Waals surface area contributed by atoms with Crippen LogP contribution in [-0.2, 0) is 4.74 Å². The average molecular weight is 235 g/mol. The first kappa shape index (κ1) is 12.4. The van der Waals surface area contributed by atoms with Gasteiger partial charge in [0.2, 0.25) is 0 Å². The lowest BCUT2D eigenvalue weighted by molar-refractivity contribution is 0.00997. The van der Waals surface area contributed by atoms with E-state index in [4.69, 9.17) is 15.2 Å². The molecule has 0 spiro atoms. The zero-order chi connectivity index (χ0) is 12.1. The lowest BCUT2D eigenvalue weighted by Gasteiger charge is -2.11.